The third-order valence-electron chi connectivity index (χ3n) is 3.09. The first-order chi connectivity index (χ1) is 9.65. The minimum atomic E-state index is 0.0109. The number of phenolic OH excluding ortho intramolecular Hbond substituents is 2. The zero-order chi connectivity index (χ0) is 14.1. The maximum Gasteiger partial charge on any atom is 0.261 e. The van der Waals surface area contributed by atoms with Gasteiger partial charge in [0.1, 0.15) is 11.5 Å². The summed E-state index contributed by atoms with van der Waals surface area (Å²) in [6.45, 7) is 2.16. The second-order valence-electron chi connectivity index (χ2n) is 4.53. The molecular formula is C13H14N2O3S2. The highest BCUT2D eigenvalue weighted by molar-refractivity contribution is 8.06. The fourth-order valence-electron chi connectivity index (χ4n) is 2.07. The van der Waals surface area contributed by atoms with Crippen LogP contribution in [0, 0.1) is 0 Å². The lowest BCUT2D eigenvalue weighted by atomic mass is 10.2. The van der Waals surface area contributed by atoms with Crippen LogP contribution in [-0.2, 0) is 0 Å². The van der Waals surface area contributed by atoms with Crippen molar-refractivity contribution in [1.29, 1.82) is 0 Å². The van der Waals surface area contributed by atoms with Gasteiger partial charge < -0.3 is 14.7 Å². The summed E-state index contributed by atoms with van der Waals surface area (Å²) in [5.41, 5.74) is 0.352. The molecule has 2 heterocycles. The molecule has 2 atom stereocenters. The monoisotopic (exact) mass is 310 g/mol. The second-order valence-corrected chi connectivity index (χ2v) is 7.26. The Bertz CT molecular complexity index is 617. The van der Waals surface area contributed by atoms with Gasteiger partial charge in [0.2, 0.25) is 0 Å². The van der Waals surface area contributed by atoms with Gasteiger partial charge in [-0.25, -0.2) is 0 Å². The van der Waals surface area contributed by atoms with E-state index in [1.54, 1.807) is 0 Å². The summed E-state index contributed by atoms with van der Waals surface area (Å²) in [5.74, 6) is 3.15. The molecule has 2 aromatic rings. The zero-order valence-electron chi connectivity index (χ0n) is 10.8. The molecule has 5 nitrogen and oxygen atoms in total. The molecule has 0 aliphatic carbocycles. The van der Waals surface area contributed by atoms with Crippen LogP contribution in [0.1, 0.15) is 18.0 Å². The van der Waals surface area contributed by atoms with E-state index < -0.39 is 0 Å². The Morgan fingerprint density at radius 1 is 1.25 bits per heavy atom. The summed E-state index contributed by atoms with van der Waals surface area (Å²) in [6.07, 6.45) is 0. The van der Waals surface area contributed by atoms with Crippen molar-refractivity contribution in [3.63, 3.8) is 0 Å². The van der Waals surface area contributed by atoms with Gasteiger partial charge in [-0.1, -0.05) is 12.1 Å². The standard InChI is InChI=1S/C13H14N2O3S2/c1-7-11(20-5-4-19-7)12-14-13(18-15-12)9-6-8(16)2-3-10(9)17/h2-3,6-7,11,16-17H,4-5H2,1H3. The van der Waals surface area contributed by atoms with Gasteiger partial charge in [-0.3, -0.25) is 0 Å². The molecule has 20 heavy (non-hydrogen) atoms. The lowest BCUT2D eigenvalue weighted by molar-refractivity contribution is 0.415. The Hall–Kier alpha value is -1.34. The number of thioether (sulfide) groups is 2. The zero-order valence-corrected chi connectivity index (χ0v) is 12.4. The van der Waals surface area contributed by atoms with Crippen molar-refractivity contribution < 1.29 is 14.7 Å². The number of nitrogens with zero attached hydrogens (tertiary/aromatic N) is 2. The lowest BCUT2D eigenvalue weighted by Crippen LogP contribution is -2.16. The van der Waals surface area contributed by atoms with Crippen LogP contribution in [0.3, 0.4) is 0 Å². The number of hydrogen-bond acceptors (Lipinski definition) is 7. The second kappa shape index (κ2) is 5.57. The number of rotatable bonds is 2. The highest BCUT2D eigenvalue weighted by Crippen LogP contribution is 2.42. The van der Waals surface area contributed by atoms with Gasteiger partial charge in [0.05, 0.1) is 10.8 Å². The summed E-state index contributed by atoms with van der Waals surface area (Å²) < 4.78 is 5.23. The van der Waals surface area contributed by atoms with E-state index in [9.17, 15) is 10.2 Å². The molecule has 2 N–H and O–H groups in total. The molecule has 0 radical (unpaired) electrons. The molecule has 0 spiro atoms. The molecule has 1 aromatic heterocycles. The van der Waals surface area contributed by atoms with Crippen molar-refractivity contribution >= 4 is 23.5 Å². The van der Waals surface area contributed by atoms with E-state index in [1.165, 1.54) is 18.2 Å². The third kappa shape index (κ3) is 2.60. The highest BCUT2D eigenvalue weighted by atomic mass is 32.2. The van der Waals surface area contributed by atoms with Crippen LogP contribution in [0.15, 0.2) is 22.7 Å². The van der Waals surface area contributed by atoms with Gasteiger partial charge in [-0.2, -0.15) is 16.7 Å². The Balaban J connectivity index is 1.91. The summed E-state index contributed by atoms with van der Waals surface area (Å²) in [4.78, 5) is 4.37. The Morgan fingerprint density at radius 3 is 2.85 bits per heavy atom. The fraction of sp³-hybridized carbons (Fsp3) is 0.385. The first-order valence-electron chi connectivity index (χ1n) is 6.24. The van der Waals surface area contributed by atoms with Gasteiger partial charge in [0.25, 0.3) is 5.89 Å². The van der Waals surface area contributed by atoms with Crippen LogP contribution in [-0.4, -0.2) is 37.1 Å². The predicted molar refractivity (Wildman–Crippen MR) is 80.2 cm³/mol. The minimum absolute atomic E-state index is 0.0109. The summed E-state index contributed by atoms with van der Waals surface area (Å²) in [5, 5.41) is 24.0. The normalized spacial score (nSPS) is 22.9. The van der Waals surface area contributed by atoms with Gasteiger partial charge in [0, 0.05) is 16.8 Å². The minimum Gasteiger partial charge on any atom is -0.508 e. The van der Waals surface area contributed by atoms with Crippen LogP contribution >= 0.6 is 23.5 Å². The fourth-order valence-corrected chi connectivity index (χ4v) is 4.75. The smallest absolute Gasteiger partial charge is 0.261 e. The Labute approximate surface area is 124 Å². The molecule has 1 aromatic carbocycles. The van der Waals surface area contributed by atoms with Crippen molar-refractivity contribution in [3.8, 4) is 23.0 Å². The average molecular weight is 310 g/mol. The number of hydrogen-bond donors (Lipinski definition) is 2. The number of phenols is 2. The van der Waals surface area contributed by atoms with Crippen molar-refractivity contribution in [2.75, 3.05) is 11.5 Å². The largest absolute Gasteiger partial charge is 0.508 e. The van der Waals surface area contributed by atoms with E-state index >= 15 is 0 Å². The molecule has 1 saturated heterocycles. The molecule has 7 heteroatoms. The predicted octanol–water partition coefficient (Wildman–Crippen LogP) is 3.06. The van der Waals surface area contributed by atoms with E-state index in [2.05, 4.69) is 17.1 Å². The van der Waals surface area contributed by atoms with Gasteiger partial charge in [-0.05, 0) is 18.2 Å². The molecule has 0 saturated carbocycles. The number of aromatic hydroxyl groups is 2. The van der Waals surface area contributed by atoms with E-state index in [0.717, 1.165) is 11.5 Å². The van der Waals surface area contributed by atoms with E-state index in [-0.39, 0.29) is 22.6 Å². The first-order valence-corrected chi connectivity index (χ1v) is 8.34. The van der Waals surface area contributed by atoms with Crippen molar-refractivity contribution in [2.24, 2.45) is 0 Å². The van der Waals surface area contributed by atoms with Gasteiger partial charge in [0.15, 0.2) is 5.82 Å². The van der Waals surface area contributed by atoms with Crippen LogP contribution < -0.4 is 0 Å². The van der Waals surface area contributed by atoms with Gasteiger partial charge in [-0.15, -0.1) is 11.8 Å². The molecule has 1 aliphatic heterocycles. The van der Waals surface area contributed by atoms with Crippen LogP contribution in [0.5, 0.6) is 11.5 Å². The SMILES string of the molecule is CC1SCCSC1c1noc(-c2cc(O)ccc2O)n1. The molecule has 0 bridgehead atoms. The molecule has 106 valence electrons. The molecule has 2 unspecified atom stereocenters. The maximum absolute atomic E-state index is 9.81. The molecular weight excluding hydrogens is 296 g/mol. The van der Waals surface area contributed by atoms with Crippen LogP contribution in [0.2, 0.25) is 0 Å². The van der Waals surface area contributed by atoms with Crippen molar-refractivity contribution in [2.45, 2.75) is 17.4 Å². The maximum atomic E-state index is 9.81. The van der Waals surface area contributed by atoms with Crippen molar-refractivity contribution in [3.05, 3.63) is 24.0 Å². The number of aromatic nitrogens is 2. The Kier molecular flexibility index (Phi) is 3.80. The molecule has 1 aliphatic rings. The van der Waals surface area contributed by atoms with Crippen LogP contribution in [0.4, 0.5) is 0 Å². The summed E-state index contributed by atoms with van der Waals surface area (Å²) >= 11 is 3.72. The molecule has 3 rings (SSSR count). The highest BCUT2D eigenvalue weighted by Gasteiger charge is 2.29. The molecule has 1 fully saturated rings. The van der Waals surface area contributed by atoms with Crippen LogP contribution in [0.25, 0.3) is 11.5 Å². The average Bonchev–Trinajstić information content (AvgIpc) is 2.91. The van der Waals surface area contributed by atoms with E-state index in [0.29, 0.717) is 16.6 Å². The molecule has 0 amide bonds. The lowest BCUT2D eigenvalue weighted by Gasteiger charge is -2.24. The van der Waals surface area contributed by atoms with Gasteiger partial charge >= 0.3 is 0 Å². The third-order valence-corrected chi connectivity index (χ3v) is 6.18. The quantitative estimate of drug-likeness (QED) is 0.825. The summed E-state index contributed by atoms with van der Waals surface area (Å²) in [6, 6.07) is 4.23. The Morgan fingerprint density at radius 2 is 2.05 bits per heavy atom. The first kappa shape index (κ1) is 13.6. The van der Waals surface area contributed by atoms with Crippen molar-refractivity contribution in [1.82, 2.24) is 10.1 Å². The van der Waals surface area contributed by atoms with E-state index in [4.69, 9.17) is 4.52 Å². The summed E-state index contributed by atoms with van der Waals surface area (Å²) in [7, 11) is 0. The number of benzene rings is 1. The topological polar surface area (TPSA) is 79.4 Å². The van der Waals surface area contributed by atoms with E-state index in [1.807, 2.05) is 23.5 Å².